The molecule has 174 valence electrons. The van der Waals surface area contributed by atoms with Gasteiger partial charge in [-0.3, -0.25) is 4.90 Å². The summed E-state index contributed by atoms with van der Waals surface area (Å²) in [5.41, 5.74) is 1.20. The van der Waals surface area contributed by atoms with Crippen LogP contribution in [-0.4, -0.2) is 70.2 Å². The number of likely N-dealkylation sites (tertiary alicyclic amines) is 1. The molecule has 6 nitrogen and oxygen atoms in total. The first-order valence-corrected chi connectivity index (χ1v) is 12.7. The third-order valence-corrected chi connectivity index (χ3v) is 8.17. The zero-order valence-electron chi connectivity index (χ0n) is 18.3. The molecule has 2 aliphatic rings. The molecule has 0 unspecified atom stereocenters. The van der Waals surface area contributed by atoms with Gasteiger partial charge < -0.3 is 9.47 Å². The van der Waals surface area contributed by atoms with E-state index in [-0.39, 0.29) is 10.7 Å². The van der Waals surface area contributed by atoms with Crippen LogP contribution >= 0.6 is 0 Å². The Balaban J connectivity index is 1.18. The molecule has 2 aromatic rings. The van der Waals surface area contributed by atoms with E-state index in [4.69, 9.17) is 9.47 Å². The number of nitrogens with zero attached hydrogens (tertiary/aromatic N) is 2. The summed E-state index contributed by atoms with van der Waals surface area (Å²) >= 11 is 0. The second kappa shape index (κ2) is 10.7. The van der Waals surface area contributed by atoms with Gasteiger partial charge in [-0.1, -0.05) is 12.1 Å². The molecule has 2 aliphatic heterocycles. The number of morpholine rings is 1. The summed E-state index contributed by atoms with van der Waals surface area (Å²) in [5, 5.41) is 0. The van der Waals surface area contributed by atoms with Gasteiger partial charge in [0.25, 0.3) is 0 Å². The number of ether oxygens (including phenoxy) is 2. The van der Waals surface area contributed by atoms with Crippen LogP contribution in [0.5, 0.6) is 5.75 Å². The third kappa shape index (κ3) is 6.07. The van der Waals surface area contributed by atoms with Crippen molar-refractivity contribution in [3.05, 3.63) is 59.9 Å². The highest BCUT2D eigenvalue weighted by atomic mass is 32.2. The normalized spacial score (nSPS) is 19.2. The first kappa shape index (κ1) is 23.2. The molecule has 0 N–H and O–H groups in total. The van der Waals surface area contributed by atoms with Crippen molar-refractivity contribution >= 4 is 10.0 Å². The van der Waals surface area contributed by atoms with E-state index in [0.717, 1.165) is 38.9 Å². The van der Waals surface area contributed by atoms with E-state index in [2.05, 4.69) is 4.90 Å². The molecule has 0 aromatic heterocycles. The Labute approximate surface area is 190 Å². The lowest BCUT2D eigenvalue weighted by atomic mass is 9.90. The maximum atomic E-state index is 13.1. The lowest BCUT2D eigenvalue weighted by Crippen LogP contribution is -2.40. The van der Waals surface area contributed by atoms with Crippen molar-refractivity contribution < 1.29 is 22.3 Å². The van der Waals surface area contributed by atoms with Crippen LogP contribution in [0.4, 0.5) is 4.39 Å². The lowest BCUT2D eigenvalue weighted by molar-refractivity contribution is 0.0730. The molecule has 0 bridgehead atoms. The SMILES string of the molecule is O=S(=O)(c1ccc(OCCN2CCC(Cc3ccc(F)cc3)CC2)cc1)N1CCOCC1. The number of hydrogen-bond donors (Lipinski definition) is 0. The summed E-state index contributed by atoms with van der Waals surface area (Å²) in [6, 6.07) is 13.5. The van der Waals surface area contributed by atoms with Gasteiger partial charge >= 0.3 is 0 Å². The molecule has 0 aliphatic carbocycles. The van der Waals surface area contributed by atoms with E-state index in [1.807, 2.05) is 12.1 Å². The Bertz CT molecular complexity index is 952. The molecule has 2 saturated heterocycles. The zero-order valence-corrected chi connectivity index (χ0v) is 19.1. The molecule has 0 spiro atoms. The van der Waals surface area contributed by atoms with Gasteiger partial charge in [0.15, 0.2) is 0 Å². The average molecular weight is 463 g/mol. The molecule has 0 radical (unpaired) electrons. The summed E-state index contributed by atoms with van der Waals surface area (Å²) in [7, 11) is -3.48. The van der Waals surface area contributed by atoms with Gasteiger partial charge in [0.1, 0.15) is 18.2 Å². The minimum atomic E-state index is -3.48. The predicted octanol–water partition coefficient (Wildman–Crippen LogP) is 3.18. The highest BCUT2D eigenvalue weighted by Crippen LogP contribution is 2.23. The smallest absolute Gasteiger partial charge is 0.243 e. The fourth-order valence-electron chi connectivity index (χ4n) is 4.30. The van der Waals surface area contributed by atoms with E-state index < -0.39 is 10.0 Å². The van der Waals surface area contributed by atoms with E-state index >= 15 is 0 Å². The number of hydrogen-bond acceptors (Lipinski definition) is 5. The highest BCUT2D eigenvalue weighted by molar-refractivity contribution is 7.89. The molecule has 2 heterocycles. The second-order valence-corrected chi connectivity index (χ2v) is 10.4. The number of sulfonamides is 1. The second-order valence-electron chi connectivity index (χ2n) is 8.45. The summed E-state index contributed by atoms with van der Waals surface area (Å²) in [4.78, 5) is 2.69. The minimum absolute atomic E-state index is 0.183. The monoisotopic (exact) mass is 462 g/mol. The van der Waals surface area contributed by atoms with Crippen molar-refractivity contribution in [1.29, 1.82) is 0 Å². The van der Waals surface area contributed by atoms with Crippen molar-refractivity contribution in [2.45, 2.75) is 24.2 Å². The van der Waals surface area contributed by atoms with Crippen molar-refractivity contribution in [1.82, 2.24) is 9.21 Å². The molecule has 0 saturated carbocycles. The van der Waals surface area contributed by atoms with Crippen LogP contribution in [0.2, 0.25) is 0 Å². The summed E-state index contributed by atoms with van der Waals surface area (Å²) < 4.78 is 51.0. The van der Waals surface area contributed by atoms with Gasteiger partial charge in [-0.15, -0.1) is 0 Å². The van der Waals surface area contributed by atoms with E-state index in [1.165, 1.54) is 22.0 Å². The van der Waals surface area contributed by atoms with E-state index in [1.54, 1.807) is 24.3 Å². The van der Waals surface area contributed by atoms with Gasteiger partial charge in [-0.25, -0.2) is 12.8 Å². The first-order chi connectivity index (χ1) is 15.5. The molecule has 32 heavy (non-hydrogen) atoms. The van der Waals surface area contributed by atoms with Crippen molar-refractivity contribution in [3.8, 4) is 5.75 Å². The number of piperidine rings is 1. The molecule has 2 aromatic carbocycles. The van der Waals surface area contributed by atoms with Crippen LogP contribution in [0.3, 0.4) is 0 Å². The van der Waals surface area contributed by atoms with Gasteiger partial charge in [0.2, 0.25) is 10.0 Å². The Morgan fingerprint density at radius 3 is 2.25 bits per heavy atom. The molecular weight excluding hydrogens is 431 g/mol. The fraction of sp³-hybridized carbons (Fsp3) is 0.500. The molecular formula is C24H31FN2O4S. The number of benzene rings is 2. The minimum Gasteiger partial charge on any atom is -0.492 e. The summed E-state index contributed by atoms with van der Waals surface area (Å²) in [5.74, 6) is 1.13. The van der Waals surface area contributed by atoms with Crippen molar-refractivity contribution in [3.63, 3.8) is 0 Å². The predicted molar refractivity (Wildman–Crippen MR) is 121 cm³/mol. The van der Waals surface area contributed by atoms with Crippen LogP contribution in [0, 0.1) is 11.7 Å². The topological polar surface area (TPSA) is 59.1 Å². The van der Waals surface area contributed by atoms with Crippen LogP contribution in [-0.2, 0) is 21.2 Å². The standard InChI is InChI=1S/C24H31FN2O4S/c25-22-3-1-20(2-4-22)19-21-9-11-26(12-10-21)13-18-31-23-5-7-24(8-6-23)32(28,29)27-14-16-30-17-15-27/h1-8,21H,9-19H2. The molecule has 4 rings (SSSR count). The van der Waals surface area contributed by atoms with Gasteiger partial charge in [-0.05, 0) is 80.2 Å². The van der Waals surface area contributed by atoms with Crippen LogP contribution in [0.1, 0.15) is 18.4 Å². The molecule has 8 heteroatoms. The summed E-state index contributed by atoms with van der Waals surface area (Å²) in [6.45, 7) is 5.13. The quantitative estimate of drug-likeness (QED) is 0.603. The van der Waals surface area contributed by atoms with Gasteiger partial charge in [-0.2, -0.15) is 4.31 Å². The third-order valence-electron chi connectivity index (χ3n) is 6.25. The van der Waals surface area contributed by atoms with Crippen molar-refractivity contribution in [2.75, 3.05) is 52.5 Å². The Kier molecular flexibility index (Phi) is 7.78. The van der Waals surface area contributed by atoms with E-state index in [9.17, 15) is 12.8 Å². The molecule has 0 amide bonds. The van der Waals surface area contributed by atoms with Gasteiger partial charge in [0.05, 0.1) is 18.1 Å². The number of rotatable bonds is 8. The van der Waals surface area contributed by atoms with Crippen LogP contribution < -0.4 is 4.74 Å². The van der Waals surface area contributed by atoms with E-state index in [0.29, 0.717) is 44.6 Å². The lowest BCUT2D eigenvalue weighted by Gasteiger charge is -2.31. The highest BCUT2D eigenvalue weighted by Gasteiger charge is 2.26. The molecule has 2 fully saturated rings. The maximum Gasteiger partial charge on any atom is 0.243 e. The first-order valence-electron chi connectivity index (χ1n) is 11.3. The Morgan fingerprint density at radius 2 is 1.59 bits per heavy atom. The average Bonchev–Trinajstić information content (AvgIpc) is 2.83. The zero-order chi connectivity index (χ0) is 22.4. The van der Waals surface area contributed by atoms with Crippen LogP contribution in [0.25, 0.3) is 0 Å². The largest absolute Gasteiger partial charge is 0.492 e. The Hall–Kier alpha value is -2.00. The van der Waals surface area contributed by atoms with Gasteiger partial charge in [0, 0.05) is 19.6 Å². The molecule has 0 atom stereocenters. The Morgan fingerprint density at radius 1 is 0.938 bits per heavy atom. The van der Waals surface area contributed by atoms with Crippen LogP contribution in [0.15, 0.2) is 53.4 Å². The maximum absolute atomic E-state index is 13.1. The summed E-state index contributed by atoms with van der Waals surface area (Å²) in [6.07, 6.45) is 3.27. The number of halogens is 1. The van der Waals surface area contributed by atoms with Crippen molar-refractivity contribution in [2.24, 2.45) is 5.92 Å². The fourth-order valence-corrected chi connectivity index (χ4v) is 5.71.